The van der Waals surface area contributed by atoms with Gasteiger partial charge in [-0.2, -0.15) is 5.10 Å². The second kappa shape index (κ2) is 7.92. The maximum Gasteiger partial charge on any atom is 0.271 e. The van der Waals surface area contributed by atoms with Crippen molar-refractivity contribution in [2.45, 2.75) is 51.0 Å². The number of hydrogen-bond acceptors (Lipinski definition) is 4. The topological polar surface area (TPSA) is 67.2 Å². The van der Waals surface area contributed by atoms with Crippen LogP contribution in [0.5, 0.6) is 0 Å². The highest BCUT2D eigenvalue weighted by Crippen LogP contribution is 2.25. The minimum Gasteiger partial charge on any atom is -0.347 e. The van der Waals surface area contributed by atoms with Gasteiger partial charge in [0.05, 0.1) is 0 Å². The summed E-state index contributed by atoms with van der Waals surface area (Å²) in [6, 6.07) is 3.06. The van der Waals surface area contributed by atoms with Crippen LogP contribution < -0.4 is 10.9 Å². The Labute approximate surface area is 143 Å². The SMILES string of the molecule is Cn1nc(C(=O)N[C@H]2CCCN(CC3CCCCC3)C2)ccc1=O. The van der Waals surface area contributed by atoms with E-state index >= 15 is 0 Å². The molecule has 1 saturated heterocycles. The fourth-order valence-electron chi connectivity index (χ4n) is 3.96. The van der Waals surface area contributed by atoms with Gasteiger partial charge < -0.3 is 10.2 Å². The summed E-state index contributed by atoms with van der Waals surface area (Å²) in [5, 5.41) is 7.12. The zero-order valence-electron chi connectivity index (χ0n) is 14.5. The molecule has 1 atom stereocenters. The zero-order chi connectivity index (χ0) is 16.9. The molecule has 0 bridgehead atoms. The third-order valence-electron chi connectivity index (χ3n) is 5.27. The van der Waals surface area contributed by atoms with Crippen molar-refractivity contribution in [3.8, 4) is 0 Å². The van der Waals surface area contributed by atoms with E-state index in [1.165, 1.54) is 55.5 Å². The molecule has 3 rings (SSSR count). The molecule has 1 aliphatic heterocycles. The molecule has 1 aromatic rings. The second-order valence-corrected chi connectivity index (χ2v) is 7.26. The summed E-state index contributed by atoms with van der Waals surface area (Å²) in [6.45, 7) is 3.24. The van der Waals surface area contributed by atoms with Crippen molar-refractivity contribution in [2.24, 2.45) is 13.0 Å². The Morgan fingerprint density at radius 2 is 2.00 bits per heavy atom. The van der Waals surface area contributed by atoms with E-state index in [2.05, 4.69) is 15.3 Å². The first kappa shape index (κ1) is 17.1. The fraction of sp³-hybridized carbons (Fsp3) is 0.722. The van der Waals surface area contributed by atoms with Crippen LogP contribution in [0.2, 0.25) is 0 Å². The second-order valence-electron chi connectivity index (χ2n) is 7.26. The lowest BCUT2D eigenvalue weighted by molar-refractivity contribution is 0.0883. The Bertz CT molecular complexity index is 622. The average molecular weight is 332 g/mol. The number of likely N-dealkylation sites (tertiary alicyclic amines) is 1. The molecule has 1 aromatic heterocycles. The summed E-state index contributed by atoms with van der Waals surface area (Å²) in [5.74, 6) is 0.647. The smallest absolute Gasteiger partial charge is 0.271 e. The molecule has 2 heterocycles. The van der Waals surface area contributed by atoms with Gasteiger partial charge in [0.1, 0.15) is 5.69 Å². The molecule has 0 unspecified atom stereocenters. The van der Waals surface area contributed by atoms with Crippen molar-refractivity contribution in [2.75, 3.05) is 19.6 Å². The van der Waals surface area contributed by atoms with Crippen LogP contribution in [0.4, 0.5) is 0 Å². The highest BCUT2D eigenvalue weighted by atomic mass is 16.2. The van der Waals surface area contributed by atoms with E-state index in [1.807, 2.05) is 0 Å². The van der Waals surface area contributed by atoms with Crippen molar-refractivity contribution in [1.82, 2.24) is 20.0 Å². The molecule has 0 radical (unpaired) electrons. The minimum atomic E-state index is -0.206. The molecule has 1 saturated carbocycles. The van der Waals surface area contributed by atoms with Crippen molar-refractivity contribution < 1.29 is 4.79 Å². The summed E-state index contributed by atoms with van der Waals surface area (Å²) in [6.07, 6.45) is 8.98. The normalized spacial score (nSPS) is 23.1. The molecule has 132 valence electrons. The summed E-state index contributed by atoms with van der Waals surface area (Å²) >= 11 is 0. The molecule has 0 spiro atoms. The van der Waals surface area contributed by atoms with Gasteiger partial charge in [-0.15, -0.1) is 0 Å². The van der Waals surface area contributed by atoms with Crippen molar-refractivity contribution in [3.63, 3.8) is 0 Å². The number of carbonyl (C=O) groups is 1. The maximum atomic E-state index is 12.4. The van der Waals surface area contributed by atoms with Crippen LogP contribution in [0, 0.1) is 5.92 Å². The van der Waals surface area contributed by atoms with Crippen LogP contribution in [0.25, 0.3) is 0 Å². The van der Waals surface area contributed by atoms with E-state index in [9.17, 15) is 9.59 Å². The van der Waals surface area contributed by atoms with Gasteiger partial charge in [0, 0.05) is 32.2 Å². The van der Waals surface area contributed by atoms with Crippen LogP contribution in [0.3, 0.4) is 0 Å². The molecular formula is C18H28N4O2. The van der Waals surface area contributed by atoms with Gasteiger partial charge in [-0.3, -0.25) is 9.59 Å². The third kappa shape index (κ3) is 4.44. The van der Waals surface area contributed by atoms with Crippen molar-refractivity contribution in [3.05, 3.63) is 28.2 Å². The molecule has 1 amide bonds. The summed E-state index contributed by atoms with van der Waals surface area (Å²) in [5.41, 5.74) is 0.101. The highest BCUT2D eigenvalue weighted by molar-refractivity contribution is 5.92. The number of piperidine rings is 1. The number of aryl methyl sites for hydroxylation is 1. The summed E-state index contributed by atoms with van der Waals surface area (Å²) in [7, 11) is 1.56. The van der Waals surface area contributed by atoms with Crippen molar-refractivity contribution in [1.29, 1.82) is 0 Å². The standard InChI is InChI=1S/C18H28N4O2/c1-21-17(23)10-9-16(20-21)18(24)19-15-8-5-11-22(13-15)12-14-6-3-2-4-7-14/h9-10,14-15H,2-8,11-13H2,1H3,(H,19,24)/t15-/m0/s1. The third-order valence-corrected chi connectivity index (χ3v) is 5.27. The summed E-state index contributed by atoms with van der Waals surface area (Å²) in [4.78, 5) is 26.3. The van der Waals surface area contributed by atoms with Gasteiger partial charge in [0.15, 0.2) is 0 Å². The van der Waals surface area contributed by atoms with Gasteiger partial charge in [-0.1, -0.05) is 19.3 Å². The Morgan fingerprint density at radius 1 is 1.21 bits per heavy atom. The predicted octanol–water partition coefficient (Wildman–Crippen LogP) is 1.55. The van der Waals surface area contributed by atoms with E-state index in [1.54, 1.807) is 7.05 Å². The molecule has 1 N–H and O–H groups in total. The largest absolute Gasteiger partial charge is 0.347 e. The molecule has 1 aliphatic carbocycles. The number of nitrogens with zero attached hydrogens (tertiary/aromatic N) is 3. The number of rotatable bonds is 4. The zero-order valence-corrected chi connectivity index (χ0v) is 14.5. The molecule has 6 heteroatoms. The lowest BCUT2D eigenvalue weighted by Gasteiger charge is -2.36. The minimum absolute atomic E-state index is 0.175. The average Bonchev–Trinajstić information content (AvgIpc) is 2.58. The monoisotopic (exact) mass is 332 g/mol. The van der Waals surface area contributed by atoms with E-state index < -0.39 is 0 Å². The van der Waals surface area contributed by atoms with Gasteiger partial charge in [0.25, 0.3) is 11.5 Å². The number of aromatic nitrogens is 2. The van der Waals surface area contributed by atoms with Crippen LogP contribution in [-0.2, 0) is 7.05 Å². The lowest BCUT2D eigenvalue weighted by atomic mass is 9.88. The van der Waals surface area contributed by atoms with E-state index in [-0.39, 0.29) is 17.5 Å². The molecular weight excluding hydrogens is 304 g/mol. The highest BCUT2D eigenvalue weighted by Gasteiger charge is 2.25. The van der Waals surface area contributed by atoms with E-state index in [0.29, 0.717) is 5.69 Å². The van der Waals surface area contributed by atoms with Crippen molar-refractivity contribution >= 4 is 5.91 Å². The number of nitrogens with one attached hydrogen (secondary N) is 1. The Hall–Kier alpha value is -1.69. The first-order chi connectivity index (χ1) is 11.6. The quantitative estimate of drug-likeness (QED) is 0.908. The Morgan fingerprint density at radius 3 is 2.75 bits per heavy atom. The Balaban J connectivity index is 1.53. The van der Waals surface area contributed by atoms with Gasteiger partial charge in [0.2, 0.25) is 0 Å². The van der Waals surface area contributed by atoms with Crippen LogP contribution in [-0.4, -0.2) is 46.3 Å². The molecule has 24 heavy (non-hydrogen) atoms. The fourth-order valence-corrected chi connectivity index (χ4v) is 3.96. The van der Waals surface area contributed by atoms with Gasteiger partial charge >= 0.3 is 0 Å². The first-order valence-corrected chi connectivity index (χ1v) is 9.19. The van der Waals surface area contributed by atoms with E-state index in [4.69, 9.17) is 0 Å². The van der Waals surface area contributed by atoms with Gasteiger partial charge in [-0.05, 0) is 44.2 Å². The van der Waals surface area contributed by atoms with Crippen LogP contribution >= 0.6 is 0 Å². The maximum absolute atomic E-state index is 12.4. The number of hydrogen-bond donors (Lipinski definition) is 1. The van der Waals surface area contributed by atoms with E-state index in [0.717, 1.165) is 31.8 Å². The number of carbonyl (C=O) groups excluding carboxylic acids is 1. The Kier molecular flexibility index (Phi) is 5.66. The lowest BCUT2D eigenvalue weighted by Crippen LogP contribution is -2.49. The number of amides is 1. The molecule has 2 aliphatic rings. The molecule has 6 nitrogen and oxygen atoms in total. The molecule has 2 fully saturated rings. The summed E-state index contributed by atoms with van der Waals surface area (Å²) < 4.78 is 1.20. The van der Waals surface area contributed by atoms with Crippen LogP contribution in [0.1, 0.15) is 55.4 Å². The first-order valence-electron chi connectivity index (χ1n) is 9.19. The predicted molar refractivity (Wildman–Crippen MR) is 93.0 cm³/mol. The van der Waals surface area contributed by atoms with Gasteiger partial charge in [-0.25, -0.2) is 4.68 Å². The van der Waals surface area contributed by atoms with Crippen LogP contribution in [0.15, 0.2) is 16.9 Å². The molecule has 0 aromatic carbocycles.